The van der Waals surface area contributed by atoms with Gasteiger partial charge >= 0.3 is 0 Å². The van der Waals surface area contributed by atoms with Crippen molar-refractivity contribution in [2.75, 3.05) is 38.0 Å². The monoisotopic (exact) mass is 487 g/mol. The molecule has 1 fully saturated rings. The molecular weight excluding hydrogens is 458 g/mol. The van der Waals surface area contributed by atoms with Crippen LogP contribution in [0.25, 0.3) is 20.7 Å². The SMILES string of the molecule is CCc1ccccc1NC(=O)CN1CCN(Cc2nc3sc(-c4ccccc4)cc3c(=O)[nH]2)CC1. The first kappa shape index (κ1) is 23.4. The van der Waals surface area contributed by atoms with Crippen molar-refractivity contribution in [2.45, 2.75) is 19.9 Å². The van der Waals surface area contributed by atoms with E-state index in [1.54, 1.807) is 11.3 Å². The maximum atomic E-state index is 12.7. The highest BCUT2D eigenvalue weighted by atomic mass is 32.1. The van der Waals surface area contributed by atoms with Crippen molar-refractivity contribution in [1.29, 1.82) is 0 Å². The molecule has 2 aromatic heterocycles. The molecule has 0 atom stereocenters. The Labute approximate surface area is 208 Å². The first-order chi connectivity index (χ1) is 17.1. The number of aromatic amines is 1. The fourth-order valence-electron chi connectivity index (χ4n) is 4.46. The molecule has 1 aliphatic heterocycles. The molecule has 3 heterocycles. The Morgan fingerprint density at radius 2 is 1.74 bits per heavy atom. The molecular formula is C27H29N5O2S. The molecule has 1 amide bonds. The first-order valence-electron chi connectivity index (χ1n) is 12.0. The summed E-state index contributed by atoms with van der Waals surface area (Å²) in [6.07, 6.45) is 0.885. The fraction of sp³-hybridized carbons (Fsp3) is 0.296. The average molecular weight is 488 g/mol. The Morgan fingerprint density at radius 1 is 1.03 bits per heavy atom. The first-order valence-corrected chi connectivity index (χ1v) is 12.8. The molecule has 0 radical (unpaired) electrons. The van der Waals surface area contributed by atoms with Gasteiger partial charge in [0.1, 0.15) is 10.7 Å². The molecule has 0 saturated carbocycles. The number of nitrogens with zero attached hydrogens (tertiary/aromatic N) is 3. The van der Waals surface area contributed by atoms with Gasteiger partial charge in [0.25, 0.3) is 5.56 Å². The number of piperazine rings is 1. The Kier molecular flexibility index (Phi) is 7.03. The van der Waals surface area contributed by atoms with Crippen LogP contribution in [0.5, 0.6) is 0 Å². The normalized spacial score (nSPS) is 14.9. The van der Waals surface area contributed by atoms with Crippen LogP contribution in [-0.4, -0.2) is 58.4 Å². The summed E-state index contributed by atoms with van der Waals surface area (Å²) in [6, 6.07) is 19.9. The Hall–Kier alpha value is -3.33. The summed E-state index contributed by atoms with van der Waals surface area (Å²) in [7, 11) is 0. The second kappa shape index (κ2) is 10.5. The lowest BCUT2D eigenvalue weighted by atomic mass is 10.1. The van der Waals surface area contributed by atoms with Gasteiger partial charge in [-0.2, -0.15) is 0 Å². The summed E-state index contributed by atoms with van der Waals surface area (Å²) in [5.74, 6) is 0.703. The molecule has 1 aliphatic rings. The van der Waals surface area contributed by atoms with E-state index in [4.69, 9.17) is 4.98 Å². The van der Waals surface area contributed by atoms with E-state index in [-0.39, 0.29) is 11.5 Å². The minimum absolute atomic E-state index is 0.0164. The van der Waals surface area contributed by atoms with Crippen molar-refractivity contribution in [3.8, 4) is 10.4 Å². The van der Waals surface area contributed by atoms with E-state index in [1.807, 2.05) is 60.7 Å². The summed E-state index contributed by atoms with van der Waals surface area (Å²) in [5.41, 5.74) is 3.04. The zero-order valence-electron chi connectivity index (χ0n) is 19.8. The number of anilines is 1. The minimum Gasteiger partial charge on any atom is -0.325 e. The molecule has 0 unspecified atom stereocenters. The van der Waals surface area contributed by atoms with Crippen LogP contribution in [0.15, 0.2) is 65.5 Å². The summed E-state index contributed by atoms with van der Waals surface area (Å²) in [6.45, 7) is 6.29. The third-order valence-electron chi connectivity index (χ3n) is 6.39. The number of hydrogen-bond acceptors (Lipinski definition) is 6. The number of rotatable bonds is 7. The lowest BCUT2D eigenvalue weighted by molar-refractivity contribution is -0.117. The topological polar surface area (TPSA) is 81.3 Å². The number of carbonyl (C=O) groups excluding carboxylic acids is 1. The second-order valence-corrected chi connectivity index (χ2v) is 9.85. The number of benzene rings is 2. The van der Waals surface area contributed by atoms with Crippen molar-refractivity contribution in [3.05, 3.63) is 82.4 Å². The molecule has 35 heavy (non-hydrogen) atoms. The van der Waals surface area contributed by atoms with Gasteiger partial charge in [-0.05, 0) is 29.7 Å². The third-order valence-corrected chi connectivity index (χ3v) is 7.47. The average Bonchev–Trinajstić information content (AvgIpc) is 3.31. The number of aromatic nitrogens is 2. The largest absolute Gasteiger partial charge is 0.325 e. The third kappa shape index (κ3) is 5.51. The van der Waals surface area contributed by atoms with E-state index in [9.17, 15) is 9.59 Å². The van der Waals surface area contributed by atoms with Crippen molar-refractivity contribution < 1.29 is 4.79 Å². The molecule has 8 heteroatoms. The molecule has 2 aromatic carbocycles. The lowest BCUT2D eigenvalue weighted by Gasteiger charge is -2.33. The van der Waals surface area contributed by atoms with Crippen molar-refractivity contribution in [3.63, 3.8) is 0 Å². The number of aryl methyl sites for hydroxylation is 1. The number of fused-ring (bicyclic) bond motifs is 1. The predicted octanol–water partition coefficient (Wildman–Crippen LogP) is 3.97. The molecule has 0 bridgehead atoms. The van der Waals surface area contributed by atoms with Gasteiger partial charge in [0.2, 0.25) is 5.91 Å². The number of thiophene rings is 1. The van der Waals surface area contributed by atoms with E-state index in [2.05, 4.69) is 27.0 Å². The van der Waals surface area contributed by atoms with Crippen LogP contribution < -0.4 is 10.9 Å². The van der Waals surface area contributed by atoms with Gasteiger partial charge in [-0.15, -0.1) is 11.3 Å². The van der Waals surface area contributed by atoms with Gasteiger partial charge in [-0.3, -0.25) is 19.4 Å². The highest BCUT2D eigenvalue weighted by Gasteiger charge is 2.20. The molecule has 0 spiro atoms. The molecule has 4 aromatic rings. The number of H-pyrrole nitrogens is 1. The molecule has 5 rings (SSSR count). The van der Waals surface area contributed by atoms with Gasteiger partial charge in [0.15, 0.2) is 0 Å². The van der Waals surface area contributed by atoms with Gasteiger partial charge in [-0.1, -0.05) is 55.5 Å². The van der Waals surface area contributed by atoms with Crippen LogP contribution in [-0.2, 0) is 17.8 Å². The second-order valence-electron chi connectivity index (χ2n) is 8.82. The number of para-hydroxylation sites is 1. The molecule has 180 valence electrons. The summed E-state index contributed by atoms with van der Waals surface area (Å²) in [5, 5.41) is 3.69. The van der Waals surface area contributed by atoms with E-state index < -0.39 is 0 Å². The van der Waals surface area contributed by atoms with Crippen LogP contribution in [0.1, 0.15) is 18.3 Å². The van der Waals surface area contributed by atoms with Crippen LogP contribution in [0, 0.1) is 0 Å². The van der Waals surface area contributed by atoms with Gasteiger partial charge in [0, 0.05) is 36.7 Å². The van der Waals surface area contributed by atoms with E-state index in [0.717, 1.165) is 59.1 Å². The number of nitrogens with one attached hydrogen (secondary N) is 2. The van der Waals surface area contributed by atoms with Crippen LogP contribution >= 0.6 is 11.3 Å². The fourth-order valence-corrected chi connectivity index (χ4v) is 5.51. The predicted molar refractivity (Wildman–Crippen MR) is 142 cm³/mol. The lowest BCUT2D eigenvalue weighted by Crippen LogP contribution is -2.48. The Morgan fingerprint density at radius 3 is 2.51 bits per heavy atom. The number of amides is 1. The number of carbonyl (C=O) groups is 1. The molecule has 0 aliphatic carbocycles. The van der Waals surface area contributed by atoms with Gasteiger partial charge < -0.3 is 10.3 Å². The highest BCUT2D eigenvalue weighted by Crippen LogP contribution is 2.30. The van der Waals surface area contributed by atoms with Crippen LogP contribution in [0.2, 0.25) is 0 Å². The van der Waals surface area contributed by atoms with Gasteiger partial charge in [-0.25, -0.2) is 4.98 Å². The minimum atomic E-state index is -0.0916. The van der Waals surface area contributed by atoms with E-state index >= 15 is 0 Å². The zero-order chi connectivity index (χ0) is 24.2. The van der Waals surface area contributed by atoms with Crippen molar-refractivity contribution in [1.82, 2.24) is 19.8 Å². The summed E-state index contributed by atoms with van der Waals surface area (Å²) in [4.78, 5) is 39.2. The maximum Gasteiger partial charge on any atom is 0.259 e. The maximum absolute atomic E-state index is 12.7. The molecule has 2 N–H and O–H groups in total. The zero-order valence-corrected chi connectivity index (χ0v) is 20.6. The van der Waals surface area contributed by atoms with Crippen LogP contribution in [0.3, 0.4) is 0 Å². The quantitative estimate of drug-likeness (QED) is 0.412. The smallest absolute Gasteiger partial charge is 0.259 e. The van der Waals surface area contributed by atoms with Gasteiger partial charge in [0.05, 0.1) is 18.5 Å². The standard InChI is InChI=1S/C27H29N5O2S/c1-2-19-8-6-7-11-22(19)28-25(33)18-32-14-12-31(13-15-32)17-24-29-26(34)21-16-23(35-27(21)30-24)20-9-4-3-5-10-20/h3-11,16H,2,12-15,17-18H2,1H3,(H,28,33)(H,29,30,34). The Bertz CT molecular complexity index is 1370. The van der Waals surface area contributed by atoms with Crippen LogP contribution in [0.4, 0.5) is 5.69 Å². The van der Waals surface area contributed by atoms with Crippen molar-refractivity contribution >= 4 is 33.1 Å². The molecule has 1 saturated heterocycles. The Balaban J connectivity index is 1.18. The van der Waals surface area contributed by atoms with Crippen molar-refractivity contribution in [2.24, 2.45) is 0 Å². The summed E-state index contributed by atoms with van der Waals surface area (Å²) < 4.78 is 0. The highest BCUT2D eigenvalue weighted by molar-refractivity contribution is 7.21. The molecule has 7 nitrogen and oxygen atoms in total. The number of hydrogen-bond donors (Lipinski definition) is 2. The summed E-state index contributed by atoms with van der Waals surface area (Å²) >= 11 is 1.55. The van der Waals surface area contributed by atoms with E-state index in [0.29, 0.717) is 24.3 Å². The van der Waals surface area contributed by atoms with E-state index in [1.165, 1.54) is 0 Å².